The Hall–Kier alpha value is -2.82. The lowest BCUT2D eigenvalue weighted by molar-refractivity contribution is -0.118. The lowest BCUT2D eigenvalue weighted by Gasteiger charge is -2.12. The Balaban J connectivity index is 2.01. The van der Waals surface area contributed by atoms with Gasteiger partial charge in [0.1, 0.15) is 11.4 Å². The number of hydrogen-bond donors (Lipinski definition) is 1. The molecule has 0 spiro atoms. The molecule has 0 saturated carbocycles. The second-order valence-corrected chi connectivity index (χ2v) is 5.65. The summed E-state index contributed by atoms with van der Waals surface area (Å²) in [4.78, 5) is 16.6. The molecule has 3 rings (SSSR count). The van der Waals surface area contributed by atoms with Crippen molar-refractivity contribution in [1.29, 1.82) is 0 Å². The summed E-state index contributed by atoms with van der Waals surface area (Å²) >= 11 is 0. The van der Waals surface area contributed by atoms with Crippen molar-refractivity contribution in [3.63, 3.8) is 0 Å². The van der Waals surface area contributed by atoms with E-state index in [1.165, 1.54) is 0 Å². The van der Waals surface area contributed by atoms with E-state index in [0.717, 1.165) is 16.9 Å². The first-order valence-corrected chi connectivity index (χ1v) is 7.51. The molecule has 5 nitrogen and oxygen atoms in total. The third-order valence-corrected chi connectivity index (χ3v) is 3.64. The Morgan fingerprint density at radius 3 is 2.78 bits per heavy atom. The maximum Gasteiger partial charge on any atom is 0.227 e. The van der Waals surface area contributed by atoms with Crippen molar-refractivity contribution in [2.45, 2.75) is 13.8 Å². The van der Waals surface area contributed by atoms with Gasteiger partial charge in [-0.3, -0.25) is 4.79 Å². The van der Waals surface area contributed by atoms with Gasteiger partial charge in [-0.1, -0.05) is 19.9 Å². The van der Waals surface area contributed by atoms with Crippen LogP contribution in [0.4, 0.5) is 5.69 Å². The van der Waals surface area contributed by atoms with Crippen LogP contribution in [0, 0.1) is 5.92 Å². The maximum atomic E-state index is 12.0. The molecule has 2 heterocycles. The molecular weight excluding hydrogens is 290 g/mol. The number of aromatic nitrogens is 2. The summed E-state index contributed by atoms with van der Waals surface area (Å²) < 4.78 is 7.30. The van der Waals surface area contributed by atoms with Crippen molar-refractivity contribution in [1.82, 2.24) is 9.38 Å². The zero-order valence-electron chi connectivity index (χ0n) is 13.4. The van der Waals surface area contributed by atoms with Crippen LogP contribution in [0.2, 0.25) is 0 Å². The highest BCUT2D eigenvalue weighted by Crippen LogP contribution is 2.30. The summed E-state index contributed by atoms with van der Waals surface area (Å²) in [5, 5.41) is 2.91. The summed E-state index contributed by atoms with van der Waals surface area (Å²) in [5.74, 6) is 0.487. The fraction of sp³-hybridized carbons (Fsp3) is 0.222. The number of carbonyl (C=O) groups is 1. The lowest BCUT2D eigenvalue weighted by atomic mass is 10.1. The molecule has 0 radical (unpaired) electrons. The molecule has 0 aliphatic carbocycles. The first kappa shape index (κ1) is 15.1. The zero-order valence-corrected chi connectivity index (χ0v) is 13.4. The normalized spacial score (nSPS) is 11.0. The van der Waals surface area contributed by atoms with Crippen LogP contribution in [-0.2, 0) is 4.79 Å². The van der Waals surface area contributed by atoms with Gasteiger partial charge < -0.3 is 14.5 Å². The number of methoxy groups -OCH3 is 1. The number of rotatable bonds is 4. The van der Waals surface area contributed by atoms with E-state index in [1.807, 2.05) is 67.0 Å². The predicted molar refractivity (Wildman–Crippen MR) is 90.6 cm³/mol. The summed E-state index contributed by atoms with van der Waals surface area (Å²) in [6.07, 6.45) is 3.92. The number of nitrogens with zero attached hydrogens (tertiary/aromatic N) is 2. The number of benzene rings is 1. The van der Waals surface area contributed by atoms with E-state index in [-0.39, 0.29) is 11.8 Å². The third-order valence-electron chi connectivity index (χ3n) is 3.64. The monoisotopic (exact) mass is 309 g/mol. The van der Waals surface area contributed by atoms with E-state index >= 15 is 0 Å². The average molecular weight is 309 g/mol. The largest absolute Gasteiger partial charge is 0.495 e. The topological polar surface area (TPSA) is 55.6 Å². The lowest BCUT2D eigenvalue weighted by Crippen LogP contribution is -2.18. The number of anilines is 1. The van der Waals surface area contributed by atoms with E-state index in [1.54, 1.807) is 7.11 Å². The van der Waals surface area contributed by atoms with Gasteiger partial charge in [0.2, 0.25) is 5.91 Å². The standard InChI is InChI=1S/C18H19N3O2/c1-12(2)18(22)20-14-10-13(7-8-16(14)23-3)15-11-21-9-5-4-6-17(21)19-15/h4-12H,1-3H3,(H,20,22). The van der Waals surface area contributed by atoms with Crippen molar-refractivity contribution < 1.29 is 9.53 Å². The van der Waals surface area contributed by atoms with E-state index in [2.05, 4.69) is 10.3 Å². The van der Waals surface area contributed by atoms with Gasteiger partial charge in [0.05, 0.1) is 18.5 Å². The van der Waals surface area contributed by atoms with Crippen molar-refractivity contribution in [3.8, 4) is 17.0 Å². The van der Waals surface area contributed by atoms with E-state index < -0.39 is 0 Å². The minimum atomic E-state index is -0.0986. The van der Waals surface area contributed by atoms with Crippen LogP contribution in [0.1, 0.15) is 13.8 Å². The second kappa shape index (κ2) is 6.12. The molecule has 1 amide bonds. The Kier molecular flexibility index (Phi) is 4.02. The number of nitrogens with one attached hydrogen (secondary N) is 1. The van der Waals surface area contributed by atoms with Crippen LogP contribution in [0.15, 0.2) is 48.8 Å². The smallest absolute Gasteiger partial charge is 0.227 e. The predicted octanol–water partition coefficient (Wildman–Crippen LogP) is 3.60. The highest BCUT2D eigenvalue weighted by Gasteiger charge is 2.13. The number of hydrogen-bond acceptors (Lipinski definition) is 3. The Labute approximate surface area is 134 Å². The summed E-state index contributed by atoms with van der Waals surface area (Å²) in [5.41, 5.74) is 3.30. The molecule has 0 unspecified atom stereocenters. The van der Waals surface area contributed by atoms with Crippen molar-refractivity contribution in [3.05, 3.63) is 48.8 Å². The molecule has 1 N–H and O–H groups in total. The summed E-state index contributed by atoms with van der Waals surface area (Å²) in [6, 6.07) is 11.5. The SMILES string of the molecule is COc1ccc(-c2cn3ccccc3n2)cc1NC(=O)C(C)C. The van der Waals surface area contributed by atoms with E-state index in [4.69, 9.17) is 4.74 Å². The van der Waals surface area contributed by atoms with Gasteiger partial charge >= 0.3 is 0 Å². The number of carbonyl (C=O) groups excluding carboxylic acids is 1. The Morgan fingerprint density at radius 2 is 2.09 bits per heavy atom. The molecule has 0 bridgehead atoms. The first-order valence-electron chi connectivity index (χ1n) is 7.51. The molecule has 3 aromatic rings. The van der Waals surface area contributed by atoms with E-state index in [0.29, 0.717) is 11.4 Å². The van der Waals surface area contributed by atoms with Crippen molar-refractivity contribution in [2.24, 2.45) is 5.92 Å². The maximum absolute atomic E-state index is 12.0. The van der Waals surface area contributed by atoms with Crippen LogP contribution in [0.25, 0.3) is 16.9 Å². The molecule has 0 atom stereocenters. The molecule has 0 fully saturated rings. The number of fused-ring (bicyclic) bond motifs is 1. The Bertz CT molecular complexity index is 819. The fourth-order valence-electron chi connectivity index (χ4n) is 2.32. The Morgan fingerprint density at radius 1 is 1.26 bits per heavy atom. The van der Waals surface area contributed by atoms with Crippen molar-refractivity contribution in [2.75, 3.05) is 12.4 Å². The zero-order chi connectivity index (χ0) is 16.4. The van der Waals surface area contributed by atoms with Gasteiger partial charge in [-0.15, -0.1) is 0 Å². The molecule has 0 aliphatic rings. The minimum absolute atomic E-state index is 0.0459. The number of imidazole rings is 1. The highest BCUT2D eigenvalue weighted by molar-refractivity contribution is 5.94. The molecule has 118 valence electrons. The summed E-state index contributed by atoms with van der Waals surface area (Å²) in [6.45, 7) is 3.71. The average Bonchev–Trinajstić information content (AvgIpc) is 2.98. The molecule has 0 saturated heterocycles. The van der Waals surface area contributed by atoms with Crippen LogP contribution in [0.5, 0.6) is 5.75 Å². The number of ether oxygens (including phenoxy) is 1. The van der Waals surface area contributed by atoms with Gasteiger partial charge in [-0.25, -0.2) is 4.98 Å². The molecule has 23 heavy (non-hydrogen) atoms. The van der Waals surface area contributed by atoms with Gasteiger partial charge in [0.15, 0.2) is 0 Å². The third kappa shape index (κ3) is 3.04. The fourth-order valence-corrected chi connectivity index (χ4v) is 2.32. The number of amides is 1. The molecule has 0 aliphatic heterocycles. The van der Waals surface area contributed by atoms with Crippen LogP contribution >= 0.6 is 0 Å². The quantitative estimate of drug-likeness (QED) is 0.801. The summed E-state index contributed by atoms with van der Waals surface area (Å²) in [7, 11) is 1.59. The molecular formula is C18H19N3O2. The molecule has 1 aromatic carbocycles. The van der Waals surface area contributed by atoms with Crippen LogP contribution < -0.4 is 10.1 Å². The molecule has 2 aromatic heterocycles. The van der Waals surface area contributed by atoms with Crippen molar-refractivity contribution >= 4 is 17.2 Å². The van der Waals surface area contributed by atoms with Crippen LogP contribution in [0.3, 0.4) is 0 Å². The minimum Gasteiger partial charge on any atom is -0.495 e. The van der Waals surface area contributed by atoms with Crippen LogP contribution in [-0.4, -0.2) is 22.4 Å². The van der Waals surface area contributed by atoms with Gasteiger partial charge in [0, 0.05) is 23.9 Å². The molecule has 5 heteroatoms. The van der Waals surface area contributed by atoms with Gasteiger partial charge in [0.25, 0.3) is 0 Å². The second-order valence-electron chi connectivity index (χ2n) is 5.65. The first-order chi connectivity index (χ1) is 11.1. The van der Waals surface area contributed by atoms with E-state index in [9.17, 15) is 4.79 Å². The number of pyridine rings is 1. The van der Waals surface area contributed by atoms with Gasteiger partial charge in [-0.2, -0.15) is 0 Å². The highest BCUT2D eigenvalue weighted by atomic mass is 16.5. The van der Waals surface area contributed by atoms with Gasteiger partial charge in [-0.05, 0) is 30.3 Å².